The third-order valence-electron chi connectivity index (χ3n) is 4.73. The van der Waals surface area contributed by atoms with Crippen molar-refractivity contribution >= 4 is 5.91 Å². The molecule has 2 heterocycles. The molecule has 2 fully saturated rings. The number of carbonyl (C=O) groups is 1. The number of hydrogen-bond donors (Lipinski definition) is 1. The lowest BCUT2D eigenvalue weighted by Gasteiger charge is -2.35. The smallest absolute Gasteiger partial charge is 0.236 e. The quantitative estimate of drug-likeness (QED) is 0.764. The summed E-state index contributed by atoms with van der Waals surface area (Å²) in [5.74, 6) is 0.288. The number of nitrogens with one attached hydrogen (secondary N) is 1. The molecule has 0 aliphatic carbocycles. The molecule has 0 bridgehead atoms. The van der Waals surface area contributed by atoms with Gasteiger partial charge in [-0.25, -0.2) is 0 Å². The number of rotatable bonds is 7. The Balaban J connectivity index is 1.84. The Hall–Kier alpha value is -0.650. The van der Waals surface area contributed by atoms with Crippen LogP contribution in [0, 0.1) is 0 Å². The van der Waals surface area contributed by atoms with Crippen LogP contribution in [0.5, 0.6) is 0 Å². The molecule has 2 rings (SSSR count). The van der Waals surface area contributed by atoms with Crippen LogP contribution in [0.4, 0.5) is 0 Å². The highest BCUT2D eigenvalue weighted by molar-refractivity contribution is 5.78. The third-order valence-corrected chi connectivity index (χ3v) is 4.73. The Morgan fingerprint density at radius 3 is 2.86 bits per heavy atom. The number of ether oxygens (including phenoxy) is 1. The fraction of sp³-hybridized carbons (Fsp3) is 0.938. The monoisotopic (exact) mass is 297 g/mol. The fourth-order valence-corrected chi connectivity index (χ4v) is 3.43. The van der Waals surface area contributed by atoms with Gasteiger partial charge in [-0.05, 0) is 45.6 Å². The molecule has 5 nitrogen and oxygen atoms in total. The van der Waals surface area contributed by atoms with Gasteiger partial charge in [0.05, 0.1) is 13.2 Å². The predicted octanol–water partition coefficient (Wildman–Crippen LogP) is 1.09. The van der Waals surface area contributed by atoms with Crippen molar-refractivity contribution in [2.24, 2.45) is 0 Å². The summed E-state index contributed by atoms with van der Waals surface area (Å²) in [4.78, 5) is 16.9. The minimum Gasteiger partial charge on any atom is -0.383 e. The van der Waals surface area contributed by atoms with E-state index in [0.29, 0.717) is 25.2 Å². The van der Waals surface area contributed by atoms with E-state index in [9.17, 15) is 4.79 Å². The van der Waals surface area contributed by atoms with E-state index in [-0.39, 0.29) is 5.91 Å². The Kier molecular flexibility index (Phi) is 6.93. The van der Waals surface area contributed by atoms with Gasteiger partial charge in [0.1, 0.15) is 0 Å². The van der Waals surface area contributed by atoms with E-state index in [1.165, 1.54) is 19.3 Å². The van der Waals surface area contributed by atoms with Crippen molar-refractivity contribution in [2.75, 3.05) is 46.4 Å². The highest BCUT2D eigenvalue weighted by Gasteiger charge is 2.26. The number of methoxy groups -OCH3 is 1. The zero-order chi connectivity index (χ0) is 15.1. The minimum absolute atomic E-state index is 0.288. The summed E-state index contributed by atoms with van der Waals surface area (Å²) in [7, 11) is 1.72. The standard InChI is InChI=1S/C16H31N3O2/c1-14-6-3-4-9-19(14)16(20)13-18(10-11-21-2)12-15-7-5-8-17-15/h14-15,17H,3-13H2,1-2H3. The average Bonchev–Trinajstić information content (AvgIpc) is 2.98. The fourth-order valence-electron chi connectivity index (χ4n) is 3.43. The lowest BCUT2D eigenvalue weighted by Crippen LogP contribution is -2.49. The van der Waals surface area contributed by atoms with E-state index in [1.807, 2.05) is 0 Å². The largest absolute Gasteiger partial charge is 0.383 e. The molecule has 2 saturated heterocycles. The molecule has 2 atom stereocenters. The minimum atomic E-state index is 0.288. The average molecular weight is 297 g/mol. The molecule has 1 amide bonds. The first-order valence-corrected chi connectivity index (χ1v) is 8.45. The molecule has 0 saturated carbocycles. The van der Waals surface area contributed by atoms with Gasteiger partial charge in [0.2, 0.25) is 5.91 Å². The van der Waals surface area contributed by atoms with Gasteiger partial charge < -0.3 is 15.0 Å². The van der Waals surface area contributed by atoms with Crippen molar-refractivity contribution in [3.63, 3.8) is 0 Å². The Morgan fingerprint density at radius 1 is 1.33 bits per heavy atom. The van der Waals surface area contributed by atoms with Crippen molar-refractivity contribution in [3.8, 4) is 0 Å². The first-order valence-electron chi connectivity index (χ1n) is 8.45. The van der Waals surface area contributed by atoms with Crippen molar-refractivity contribution in [3.05, 3.63) is 0 Å². The number of piperidine rings is 1. The SMILES string of the molecule is COCCN(CC(=O)N1CCCCC1C)CC1CCCN1. The molecule has 5 heteroatoms. The van der Waals surface area contributed by atoms with Crippen LogP contribution in [0.25, 0.3) is 0 Å². The molecule has 2 aliphatic rings. The molecule has 0 aromatic rings. The van der Waals surface area contributed by atoms with Crippen LogP contribution in [0.3, 0.4) is 0 Å². The molecule has 0 spiro atoms. The summed E-state index contributed by atoms with van der Waals surface area (Å²) in [6.07, 6.45) is 6.02. The van der Waals surface area contributed by atoms with Crippen LogP contribution in [0.2, 0.25) is 0 Å². The van der Waals surface area contributed by atoms with E-state index in [1.54, 1.807) is 7.11 Å². The van der Waals surface area contributed by atoms with Gasteiger partial charge in [0.25, 0.3) is 0 Å². The summed E-state index contributed by atoms with van der Waals surface area (Å²) in [6, 6.07) is 0.938. The van der Waals surface area contributed by atoms with Crippen LogP contribution < -0.4 is 5.32 Å². The Labute approximate surface area is 129 Å². The highest BCUT2D eigenvalue weighted by atomic mass is 16.5. The number of carbonyl (C=O) groups excluding carboxylic acids is 1. The van der Waals surface area contributed by atoms with Gasteiger partial charge in [-0.2, -0.15) is 0 Å². The maximum atomic E-state index is 12.6. The molecule has 0 aromatic carbocycles. The first-order chi connectivity index (χ1) is 10.2. The molecule has 2 unspecified atom stereocenters. The van der Waals surface area contributed by atoms with Gasteiger partial charge in [0.15, 0.2) is 0 Å². The molecule has 2 aliphatic heterocycles. The number of amides is 1. The molecule has 1 N–H and O–H groups in total. The van der Waals surface area contributed by atoms with E-state index < -0.39 is 0 Å². The van der Waals surface area contributed by atoms with E-state index in [0.717, 1.165) is 39.0 Å². The molecule has 0 aromatic heterocycles. The molecule has 21 heavy (non-hydrogen) atoms. The summed E-state index contributed by atoms with van der Waals surface area (Å²) >= 11 is 0. The lowest BCUT2D eigenvalue weighted by molar-refractivity contribution is -0.135. The second kappa shape index (κ2) is 8.71. The van der Waals surface area contributed by atoms with Crippen LogP contribution in [0.15, 0.2) is 0 Å². The third kappa shape index (κ3) is 5.24. The Bertz CT molecular complexity index is 319. The predicted molar refractivity (Wildman–Crippen MR) is 84.4 cm³/mol. The van der Waals surface area contributed by atoms with Crippen molar-refractivity contribution in [1.82, 2.24) is 15.1 Å². The number of hydrogen-bond acceptors (Lipinski definition) is 4. The second-order valence-corrected chi connectivity index (χ2v) is 6.45. The van der Waals surface area contributed by atoms with Crippen LogP contribution in [0.1, 0.15) is 39.0 Å². The van der Waals surface area contributed by atoms with Crippen LogP contribution >= 0.6 is 0 Å². The summed E-state index contributed by atoms with van der Waals surface area (Å²) < 4.78 is 5.20. The van der Waals surface area contributed by atoms with Crippen molar-refractivity contribution < 1.29 is 9.53 Å². The maximum absolute atomic E-state index is 12.6. The zero-order valence-corrected chi connectivity index (χ0v) is 13.6. The summed E-state index contributed by atoms with van der Waals surface area (Å²) in [5, 5.41) is 3.52. The Morgan fingerprint density at radius 2 is 2.19 bits per heavy atom. The lowest BCUT2D eigenvalue weighted by atomic mass is 10.0. The van der Waals surface area contributed by atoms with Crippen LogP contribution in [-0.2, 0) is 9.53 Å². The number of likely N-dealkylation sites (tertiary alicyclic amines) is 1. The van der Waals surface area contributed by atoms with Gasteiger partial charge in [-0.3, -0.25) is 9.69 Å². The van der Waals surface area contributed by atoms with Gasteiger partial charge in [0, 0.05) is 38.8 Å². The molecule has 122 valence electrons. The molecular formula is C16H31N3O2. The van der Waals surface area contributed by atoms with Gasteiger partial charge in [-0.15, -0.1) is 0 Å². The van der Waals surface area contributed by atoms with Crippen molar-refractivity contribution in [1.29, 1.82) is 0 Å². The molecular weight excluding hydrogens is 266 g/mol. The summed E-state index contributed by atoms with van der Waals surface area (Å²) in [5.41, 5.74) is 0. The first kappa shape index (κ1) is 16.7. The zero-order valence-electron chi connectivity index (χ0n) is 13.6. The van der Waals surface area contributed by atoms with Gasteiger partial charge >= 0.3 is 0 Å². The van der Waals surface area contributed by atoms with Crippen LogP contribution in [-0.4, -0.2) is 74.2 Å². The normalized spacial score (nSPS) is 26.5. The topological polar surface area (TPSA) is 44.8 Å². The van der Waals surface area contributed by atoms with Gasteiger partial charge in [-0.1, -0.05) is 0 Å². The highest BCUT2D eigenvalue weighted by Crippen LogP contribution is 2.17. The van der Waals surface area contributed by atoms with E-state index >= 15 is 0 Å². The van der Waals surface area contributed by atoms with Crippen molar-refractivity contribution in [2.45, 2.75) is 51.1 Å². The summed E-state index contributed by atoms with van der Waals surface area (Å²) in [6.45, 7) is 7.23. The van der Waals surface area contributed by atoms with E-state index in [4.69, 9.17) is 4.74 Å². The second-order valence-electron chi connectivity index (χ2n) is 6.45. The van der Waals surface area contributed by atoms with E-state index in [2.05, 4.69) is 22.0 Å². The molecule has 0 radical (unpaired) electrons. The maximum Gasteiger partial charge on any atom is 0.236 e. The number of nitrogens with zero attached hydrogens (tertiary/aromatic N) is 2.